The Bertz CT molecular complexity index is 607. The Morgan fingerprint density at radius 3 is 2.52 bits per heavy atom. The number of carbonyl (C=O) groups is 1. The molecule has 4 heteroatoms. The van der Waals surface area contributed by atoms with E-state index in [1.165, 1.54) is 43.4 Å². The van der Waals surface area contributed by atoms with Gasteiger partial charge in [-0.1, -0.05) is 69.4 Å². The fraction of sp³-hybridized carbons (Fsp3) is 0.421. The number of nitrogens with one attached hydrogen (secondary N) is 1. The highest BCUT2D eigenvalue weighted by molar-refractivity contribution is 7.19. The number of unbranched alkanes of at least 4 members (excludes halogenated alkanes) is 5. The van der Waals surface area contributed by atoms with Crippen molar-refractivity contribution in [1.82, 2.24) is 5.32 Å². The van der Waals surface area contributed by atoms with Crippen LogP contribution in [0.2, 0.25) is 0 Å². The van der Waals surface area contributed by atoms with Gasteiger partial charge in [-0.3, -0.25) is 4.79 Å². The van der Waals surface area contributed by atoms with Gasteiger partial charge in [0.15, 0.2) is 0 Å². The Morgan fingerprint density at radius 1 is 1.09 bits per heavy atom. The van der Waals surface area contributed by atoms with Crippen molar-refractivity contribution in [3.63, 3.8) is 0 Å². The Balaban J connectivity index is 1.82. The Kier molecular flexibility index (Phi) is 7.14. The van der Waals surface area contributed by atoms with E-state index in [4.69, 9.17) is 5.73 Å². The molecule has 1 amide bonds. The molecule has 3 nitrogen and oxygen atoms in total. The average Bonchev–Trinajstić information content (AvgIpc) is 2.96. The van der Waals surface area contributed by atoms with E-state index in [0.717, 1.165) is 23.4 Å². The van der Waals surface area contributed by atoms with Gasteiger partial charge in [-0.25, -0.2) is 0 Å². The number of hydrogen-bond acceptors (Lipinski definition) is 3. The van der Waals surface area contributed by atoms with E-state index in [-0.39, 0.29) is 5.91 Å². The second-order valence-electron chi connectivity index (χ2n) is 5.78. The lowest BCUT2D eigenvalue weighted by Gasteiger charge is -2.04. The first-order chi connectivity index (χ1) is 11.2. The van der Waals surface area contributed by atoms with Crippen molar-refractivity contribution in [3.05, 3.63) is 42.0 Å². The number of amides is 1. The zero-order valence-electron chi connectivity index (χ0n) is 13.8. The molecule has 0 saturated carbocycles. The van der Waals surface area contributed by atoms with E-state index in [0.29, 0.717) is 10.6 Å². The van der Waals surface area contributed by atoms with E-state index >= 15 is 0 Å². The molecule has 0 aliphatic heterocycles. The van der Waals surface area contributed by atoms with Crippen LogP contribution in [-0.2, 0) is 0 Å². The van der Waals surface area contributed by atoms with E-state index in [2.05, 4.69) is 12.2 Å². The molecule has 1 aromatic heterocycles. The Morgan fingerprint density at radius 2 is 1.78 bits per heavy atom. The third-order valence-corrected chi connectivity index (χ3v) is 4.89. The van der Waals surface area contributed by atoms with Crippen LogP contribution in [0.4, 0.5) is 5.00 Å². The van der Waals surface area contributed by atoms with Crippen LogP contribution in [0.3, 0.4) is 0 Å². The Hall–Kier alpha value is -1.81. The van der Waals surface area contributed by atoms with Gasteiger partial charge in [0.05, 0.1) is 10.6 Å². The van der Waals surface area contributed by atoms with Crippen molar-refractivity contribution in [3.8, 4) is 10.4 Å². The third-order valence-electron chi connectivity index (χ3n) is 3.88. The monoisotopic (exact) mass is 330 g/mol. The molecule has 1 heterocycles. The zero-order valence-corrected chi connectivity index (χ0v) is 14.6. The number of rotatable bonds is 9. The first-order valence-corrected chi connectivity index (χ1v) is 9.27. The summed E-state index contributed by atoms with van der Waals surface area (Å²) in [5.41, 5.74) is 7.72. The van der Waals surface area contributed by atoms with Crippen molar-refractivity contribution >= 4 is 22.2 Å². The van der Waals surface area contributed by atoms with Gasteiger partial charge in [0, 0.05) is 11.4 Å². The summed E-state index contributed by atoms with van der Waals surface area (Å²) in [4.78, 5) is 13.3. The Labute approximate surface area is 142 Å². The quantitative estimate of drug-likeness (QED) is 0.629. The average molecular weight is 330 g/mol. The predicted octanol–water partition coefficient (Wildman–Crippen LogP) is 5.09. The second-order valence-corrected chi connectivity index (χ2v) is 6.86. The minimum absolute atomic E-state index is 0.0607. The maximum absolute atomic E-state index is 12.3. The normalized spacial score (nSPS) is 10.7. The van der Waals surface area contributed by atoms with Gasteiger partial charge in [0.25, 0.3) is 5.91 Å². The molecular formula is C19H26N2OS. The van der Waals surface area contributed by atoms with Crippen molar-refractivity contribution in [2.24, 2.45) is 0 Å². The molecule has 2 aromatic rings. The van der Waals surface area contributed by atoms with E-state index in [1.54, 1.807) is 0 Å². The number of nitrogen functional groups attached to an aromatic ring is 1. The molecule has 1 aromatic carbocycles. The number of carbonyl (C=O) groups excluding carboxylic acids is 1. The molecular weight excluding hydrogens is 304 g/mol. The molecule has 0 bridgehead atoms. The SMILES string of the molecule is CCCCCCCCNC(=O)c1cc(-c2ccccc2)sc1N. The molecule has 124 valence electrons. The van der Waals surface area contributed by atoms with Gasteiger partial charge < -0.3 is 11.1 Å². The van der Waals surface area contributed by atoms with Crippen molar-refractivity contribution in [2.45, 2.75) is 45.4 Å². The van der Waals surface area contributed by atoms with E-state index in [1.807, 2.05) is 36.4 Å². The highest BCUT2D eigenvalue weighted by atomic mass is 32.1. The fourth-order valence-electron chi connectivity index (χ4n) is 2.53. The molecule has 0 atom stereocenters. The van der Waals surface area contributed by atoms with E-state index < -0.39 is 0 Å². The smallest absolute Gasteiger partial charge is 0.254 e. The summed E-state index contributed by atoms with van der Waals surface area (Å²) >= 11 is 1.47. The molecule has 0 radical (unpaired) electrons. The van der Waals surface area contributed by atoms with Gasteiger partial charge in [-0.05, 0) is 18.1 Å². The van der Waals surface area contributed by atoms with Crippen LogP contribution in [0.1, 0.15) is 55.8 Å². The lowest BCUT2D eigenvalue weighted by atomic mass is 10.1. The molecule has 23 heavy (non-hydrogen) atoms. The third kappa shape index (κ3) is 5.39. The molecule has 2 rings (SSSR count). The van der Waals surface area contributed by atoms with Crippen LogP contribution >= 0.6 is 11.3 Å². The van der Waals surface area contributed by atoms with Crippen LogP contribution in [0, 0.1) is 0 Å². The summed E-state index contributed by atoms with van der Waals surface area (Å²) in [6.07, 6.45) is 7.32. The van der Waals surface area contributed by atoms with Gasteiger partial charge in [-0.15, -0.1) is 11.3 Å². The molecule has 0 unspecified atom stereocenters. The summed E-state index contributed by atoms with van der Waals surface area (Å²) in [7, 11) is 0. The minimum atomic E-state index is -0.0607. The molecule has 0 aliphatic carbocycles. The summed E-state index contributed by atoms with van der Waals surface area (Å²) in [5, 5.41) is 3.57. The van der Waals surface area contributed by atoms with Crippen molar-refractivity contribution < 1.29 is 4.79 Å². The van der Waals surface area contributed by atoms with Crippen LogP contribution in [-0.4, -0.2) is 12.5 Å². The second kappa shape index (κ2) is 9.36. The predicted molar refractivity (Wildman–Crippen MR) is 99.9 cm³/mol. The summed E-state index contributed by atoms with van der Waals surface area (Å²) < 4.78 is 0. The number of anilines is 1. The number of nitrogens with two attached hydrogens (primary N) is 1. The maximum atomic E-state index is 12.3. The van der Waals surface area contributed by atoms with E-state index in [9.17, 15) is 4.79 Å². The molecule has 0 fully saturated rings. The lowest BCUT2D eigenvalue weighted by molar-refractivity contribution is 0.0954. The van der Waals surface area contributed by atoms with Crippen LogP contribution in [0.15, 0.2) is 36.4 Å². The number of benzene rings is 1. The maximum Gasteiger partial charge on any atom is 0.254 e. The standard InChI is InChI=1S/C19H26N2OS/c1-2-3-4-5-6-10-13-21-19(22)16-14-17(23-18(16)20)15-11-8-7-9-12-15/h7-9,11-12,14H,2-6,10,13,20H2,1H3,(H,21,22). The van der Waals surface area contributed by atoms with Gasteiger partial charge in [-0.2, -0.15) is 0 Å². The van der Waals surface area contributed by atoms with Crippen LogP contribution in [0.5, 0.6) is 0 Å². The highest BCUT2D eigenvalue weighted by Crippen LogP contribution is 2.33. The molecule has 0 aliphatic rings. The first kappa shape index (κ1) is 17.5. The van der Waals surface area contributed by atoms with Crippen molar-refractivity contribution in [2.75, 3.05) is 12.3 Å². The molecule has 0 saturated heterocycles. The lowest BCUT2D eigenvalue weighted by Crippen LogP contribution is -2.24. The summed E-state index contributed by atoms with van der Waals surface area (Å²) in [6, 6.07) is 11.9. The van der Waals surface area contributed by atoms with Gasteiger partial charge >= 0.3 is 0 Å². The minimum Gasteiger partial charge on any atom is -0.390 e. The largest absolute Gasteiger partial charge is 0.390 e. The summed E-state index contributed by atoms with van der Waals surface area (Å²) in [6.45, 7) is 2.94. The summed E-state index contributed by atoms with van der Waals surface area (Å²) in [5.74, 6) is -0.0607. The van der Waals surface area contributed by atoms with Gasteiger partial charge in [0.2, 0.25) is 0 Å². The van der Waals surface area contributed by atoms with Crippen molar-refractivity contribution in [1.29, 1.82) is 0 Å². The van der Waals surface area contributed by atoms with Gasteiger partial charge in [0.1, 0.15) is 0 Å². The zero-order chi connectivity index (χ0) is 16.5. The highest BCUT2D eigenvalue weighted by Gasteiger charge is 2.14. The van der Waals surface area contributed by atoms with Crippen LogP contribution in [0.25, 0.3) is 10.4 Å². The topological polar surface area (TPSA) is 55.1 Å². The number of hydrogen-bond donors (Lipinski definition) is 2. The first-order valence-electron chi connectivity index (χ1n) is 8.45. The molecule has 3 N–H and O–H groups in total. The fourth-order valence-corrected chi connectivity index (χ4v) is 3.46. The van der Waals surface area contributed by atoms with Crippen LogP contribution < -0.4 is 11.1 Å². The number of thiophene rings is 1. The molecule has 0 spiro atoms.